The lowest BCUT2D eigenvalue weighted by Crippen LogP contribution is -2.11. The van der Waals surface area contributed by atoms with Crippen molar-refractivity contribution >= 4 is 5.95 Å². The topological polar surface area (TPSA) is 73.5 Å². The van der Waals surface area contributed by atoms with Crippen LogP contribution in [-0.4, -0.2) is 29.3 Å². The summed E-state index contributed by atoms with van der Waals surface area (Å²) in [5.74, 6) is 1.51. The summed E-state index contributed by atoms with van der Waals surface area (Å²) in [5, 5.41) is 7.51. The lowest BCUT2D eigenvalue weighted by Gasteiger charge is -2.10. The van der Waals surface area contributed by atoms with Crippen molar-refractivity contribution in [1.29, 1.82) is 0 Å². The fourth-order valence-electron chi connectivity index (χ4n) is 2.95. The first-order valence-electron chi connectivity index (χ1n) is 8.79. The van der Waals surface area contributed by atoms with Crippen LogP contribution in [0.25, 0.3) is 11.3 Å². The minimum atomic E-state index is 0.551. The van der Waals surface area contributed by atoms with Crippen LogP contribution in [0, 0.1) is 6.92 Å². The van der Waals surface area contributed by atoms with E-state index < -0.39 is 0 Å². The molecule has 4 rings (SSSR count). The minimum Gasteiger partial charge on any atom is -0.347 e. The van der Waals surface area contributed by atoms with E-state index in [1.54, 1.807) is 4.68 Å². The molecule has 0 aliphatic heterocycles. The molecule has 136 valence electrons. The zero-order valence-corrected chi connectivity index (χ0v) is 15.4. The summed E-state index contributed by atoms with van der Waals surface area (Å²) in [6, 6.07) is 10.3. The van der Waals surface area contributed by atoms with Gasteiger partial charge >= 0.3 is 0 Å². The summed E-state index contributed by atoms with van der Waals surface area (Å²) in [6.45, 7) is 3.33. The number of imidazole rings is 1. The van der Waals surface area contributed by atoms with Crippen LogP contribution in [0.5, 0.6) is 0 Å². The van der Waals surface area contributed by atoms with Crippen molar-refractivity contribution < 1.29 is 0 Å². The average Bonchev–Trinajstić information content (AvgIpc) is 3.31. The van der Waals surface area contributed by atoms with Crippen molar-refractivity contribution in [2.24, 2.45) is 7.05 Å². The average molecular weight is 359 g/mol. The number of nitrogens with one attached hydrogen (secondary N) is 1. The molecule has 4 aromatic rings. The Balaban J connectivity index is 1.49. The highest BCUT2D eigenvalue weighted by molar-refractivity contribution is 5.62. The van der Waals surface area contributed by atoms with E-state index in [1.165, 1.54) is 5.56 Å². The number of aromatic nitrogens is 6. The number of rotatable bonds is 6. The number of benzene rings is 1. The van der Waals surface area contributed by atoms with Crippen molar-refractivity contribution in [1.82, 2.24) is 29.3 Å². The van der Waals surface area contributed by atoms with E-state index in [2.05, 4.69) is 42.1 Å². The molecule has 0 spiro atoms. The van der Waals surface area contributed by atoms with Gasteiger partial charge in [-0.3, -0.25) is 4.68 Å². The fraction of sp³-hybridized carbons (Fsp3) is 0.200. The second-order valence-electron chi connectivity index (χ2n) is 6.44. The Hall–Kier alpha value is -3.48. The van der Waals surface area contributed by atoms with Gasteiger partial charge in [0.05, 0.1) is 18.4 Å². The lowest BCUT2D eigenvalue weighted by molar-refractivity contribution is 0.733. The Morgan fingerprint density at radius 2 is 1.93 bits per heavy atom. The van der Waals surface area contributed by atoms with E-state index >= 15 is 0 Å². The normalized spacial score (nSPS) is 10.9. The first-order valence-corrected chi connectivity index (χ1v) is 8.79. The van der Waals surface area contributed by atoms with Gasteiger partial charge in [0.25, 0.3) is 0 Å². The Morgan fingerprint density at radius 3 is 2.70 bits per heavy atom. The van der Waals surface area contributed by atoms with Gasteiger partial charge in [0.2, 0.25) is 5.95 Å². The maximum absolute atomic E-state index is 4.66. The molecule has 0 saturated heterocycles. The van der Waals surface area contributed by atoms with E-state index in [9.17, 15) is 0 Å². The van der Waals surface area contributed by atoms with Gasteiger partial charge in [-0.15, -0.1) is 0 Å². The number of hydrogen-bond acceptors (Lipinski definition) is 5. The van der Waals surface area contributed by atoms with E-state index in [0.717, 1.165) is 29.2 Å². The van der Waals surface area contributed by atoms with Crippen molar-refractivity contribution in [3.8, 4) is 11.3 Å². The Bertz CT molecular complexity index is 1030. The highest BCUT2D eigenvalue weighted by Gasteiger charge is 2.10. The van der Waals surface area contributed by atoms with Crippen LogP contribution >= 0.6 is 0 Å². The third-order valence-corrected chi connectivity index (χ3v) is 4.35. The third kappa shape index (κ3) is 3.87. The Morgan fingerprint density at radius 1 is 1.07 bits per heavy atom. The number of aryl methyl sites for hydroxylation is 2. The molecule has 0 atom stereocenters. The van der Waals surface area contributed by atoms with Crippen LogP contribution < -0.4 is 5.32 Å². The molecule has 3 aromatic heterocycles. The van der Waals surface area contributed by atoms with E-state index in [1.807, 2.05) is 63.2 Å². The number of nitrogens with zero attached hydrogens (tertiary/aromatic N) is 6. The van der Waals surface area contributed by atoms with Crippen molar-refractivity contribution in [3.63, 3.8) is 0 Å². The molecular formula is C20H21N7. The van der Waals surface area contributed by atoms with E-state index in [-0.39, 0.29) is 0 Å². The SMILES string of the molecule is Cc1cnc(NCc2nccn2Cc2ccccc2)nc1-c1cnn(C)c1. The quantitative estimate of drug-likeness (QED) is 0.573. The molecule has 0 radical (unpaired) electrons. The number of anilines is 1. The maximum atomic E-state index is 4.66. The van der Waals surface area contributed by atoms with Gasteiger partial charge in [-0.25, -0.2) is 15.0 Å². The van der Waals surface area contributed by atoms with Gasteiger partial charge in [-0.1, -0.05) is 30.3 Å². The molecule has 0 amide bonds. The first-order chi connectivity index (χ1) is 13.2. The molecule has 0 aliphatic rings. The van der Waals surface area contributed by atoms with Gasteiger partial charge in [-0.05, 0) is 18.1 Å². The summed E-state index contributed by atoms with van der Waals surface area (Å²) in [7, 11) is 1.89. The van der Waals surface area contributed by atoms with Crippen LogP contribution in [0.2, 0.25) is 0 Å². The van der Waals surface area contributed by atoms with E-state index in [0.29, 0.717) is 12.5 Å². The molecule has 0 saturated carbocycles. The van der Waals surface area contributed by atoms with Gasteiger partial charge < -0.3 is 9.88 Å². The van der Waals surface area contributed by atoms with Crippen LogP contribution in [0.4, 0.5) is 5.95 Å². The van der Waals surface area contributed by atoms with Crippen molar-refractivity contribution in [2.45, 2.75) is 20.0 Å². The zero-order chi connectivity index (χ0) is 18.6. The van der Waals surface area contributed by atoms with Gasteiger partial charge in [0.15, 0.2) is 0 Å². The standard InChI is InChI=1S/C20H21N7/c1-15-10-22-20(25-19(15)17-11-24-26(2)14-17)23-12-18-21-8-9-27(18)13-16-6-4-3-5-7-16/h3-11,14H,12-13H2,1-2H3,(H,22,23,25). The molecule has 0 aliphatic carbocycles. The maximum Gasteiger partial charge on any atom is 0.223 e. The fourth-order valence-corrected chi connectivity index (χ4v) is 2.95. The summed E-state index contributed by atoms with van der Waals surface area (Å²) in [5.41, 5.74) is 4.11. The van der Waals surface area contributed by atoms with Gasteiger partial charge in [0.1, 0.15) is 5.82 Å². The first kappa shape index (κ1) is 17.0. The van der Waals surface area contributed by atoms with E-state index in [4.69, 9.17) is 0 Å². The predicted molar refractivity (Wildman–Crippen MR) is 104 cm³/mol. The summed E-state index contributed by atoms with van der Waals surface area (Å²) in [4.78, 5) is 13.5. The summed E-state index contributed by atoms with van der Waals surface area (Å²) < 4.78 is 3.89. The highest BCUT2D eigenvalue weighted by Crippen LogP contribution is 2.21. The third-order valence-electron chi connectivity index (χ3n) is 4.35. The molecule has 0 bridgehead atoms. The summed E-state index contributed by atoms with van der Waals surface area (Å²) >= 11 is 0. The highest BCUT2D eigenvalue weighted by atomic mass is 15.2. The largest absolute Gasteiger partial charge is 0.347 e. The predicted octanol–water partition coefficient (Wildman–Crippen LogP) is 3.04. The van der Waals surface area contributed by atoms with Gasteiger partial charge in [0, 0.05) is 43.9 Å². The molecule has 27 heavy (non-hydrogen) atoms. The molecule has 0 fully saturated rings. The van der Waals surface area contributed by atoms with Crippen molar-refractivity contribution in [3.05, 3.63) is 78.3 Å². The second kappa shape index (κ2) is 7.41. The van der Waals surface area contributed by atoms with Gasteiger partial charge in [-0.2, -0.15) is 5.10 Å². The molecule has 1 aromatic carbocycles. The molecule has 7 nitrogen and oxygen atoms in total. The monoisotopic (exact) mass is 359 g/mol. The molecule has 3 heterocycles. The molecular weight excluding hydrogens is 338 g/mol. The molecule has 1 N–H and O–H groups in total. The Labute approximate surface area is 157 Å². The van der Waals surface area contributed by atoms with Crippen LogP contribution in [0.3, 0.4) is 0 Å². The van der Waals surface area contributed by atoms with Crippen LogP contribution in [0.15, 0.2) is 61.3 Å². The minimum absolute atomic E-state index is 0.551. The smallest absolute Gasteiger partial charge is 0.223 e. The van der Waals surface area contributed by atoms with Crippen LogP contribution in [0.1, 0.15) is 17.0 Å². The number of hydrogen-bond donors (Lipinski definition) is 1. The molecule has 0 unspecified atom stereocenters. The van der Waals surface area contributed by atoms with Crippen LogP contribution in [-0.2, 0) is 20.1 Å². The zero-order valence-electron chi connectivity index (χ0n) is 15.4. The lowest BCUT2D eigenvalue weighted by atomic mass is 10.1. The second-order valence-corrected chi connectivity index (χ2v) is 6.44. The Kier molecular flexibility index (Phi) is 4.65. The van der Waals surface area contributed by atoms with Crippen molar-refractivity contribution in [2.75, 3.05) is 5.32 Å². The summed E-state index contributed by atoms with van der Waals surface area (Å²) in [6.07, 6.45) is 9.39. The molecule has 7 heteroatoms.